The molecule has 2 rings (SSSR count). The maximum Gasteiger partial charge on any atom is 0.160 e. The van der Waals surface area contributed by atoms with E-state index in [1.54, 1.807) is 6.07 Å². The van der Waals surface area contributed by atoms with Crippen molar-refractivity contribution in [2.45, 2.75) is 0 Å². The van der Waals surface area contributed by atoms with Gasteiger partial charge in [0, 0.05) is 8.96 Å². The van der Waals surface area contributed by atoms with Crippen molar-refractivity contribution in [2.75, 3.05) is 0 Å². The lowest BCUT2D eigenvalue weighted by Gasteiger charge is -1.90. The topological polar surface area (TPSA) is 0 Å². The van der Waals surface area contributed by atoms with Crippen LogP contribution in [0.3, 0.4) is 0 Å². The first-order chi connectivity index (χ1) is 5.70. The van der Waals surface area contributed by atoms with E-state index in [0.717, 1.165) is 8.27 Å². The zero-order chi connectivity index (χ0) is 8.72. The first-order valence-corrected chi connectivity index (χ1v) is 5.49. The summed E-state index contributed by atoms with van der Waals surface area (Å²) in [5, 5.41) is 0.622. The SMILES string of the molecule is Fc1c(Cl)sc2c(I)cccc12. The van der Waals surface area contributed by atoms with Gasteiger partial charge in [-0.15, -0.1) is 11.3 Å². The van der Waals surface area contributed by atoms with Crippen molar-refractivity contribution in [2.24, 2.45) is 0 Å². The van der Waals surface area contributed by atoms with Crippen molar-refractivity contribution in [3.05, 3.63) is 31.9 Å². The van der Waals surface area contributed by atoms with Crippen LogP contribution in [0.4, 0.5) is 4.39 Å². The molecule has 12 heavy (non-hydrogen) atoms. The van der Waals surface area contributed by atoms with Crippen LogP contribution in [-0.2, 0) is 0 Å². The van der Waals surface area contributed by atoms with Crippen molar-refractivity contribution in [1.82, 2.24) is 0 Å². The zero-order valence-corrected chi connectivity index (χ0v) is 9.50. The van der Waals surface area contributed by atoms with Gasteiger partial charge in [-0.2, -0.15) is 0 Å². The van der Waals surface area contributed by atoms with Gasteiger partial charge < -0.3 is 0 Å². The Bertz CT molecular complexity index is 438. The van der Waals surface area contributed by atoms with Gasteiger partial charge in [0.1, 0.15) is 4.34 Å². The van der Waals surface area contributed by atoms with Crippen LogP contribution in [0.5, 0.6) is 0 Å². The van der Waals surface area contributed by atoms with E-state index >= 15 is 0 Å². The first-order valence-electron chi connectivity index (χ1n) is 3.22. The van der Waals surface area contributed by atoms with Crippen LogP contribution in [0.1, 0.15) is 0 Å². The molecular weight excluding hydrogens is 310 g/mol. The molecule has 1 aromatic carbocycles. The molecular formula is C8H3ClFIS. The van der Waals surface area contributed by atoms with Gasteiger partial charge in [-0.25, -0.2) is 4.39 Å². The molecule has 0 fully saturated rings. The normalized spacial score (nSPS) is 10.9. The number of hydrogen-bond donors (Lipinski definition) is 0. The highest BCUT2D eigenvalue weighted by molar-refractivity contribution is 14.1. The van der Waals surface area contributed by atoms with Crippen molar-refractivity contribution in [3.63, 3.8) is 0 Å². The van der Waals surface area contributed by atoms with Crippen LogP contribution in [0.25, 0.3) is 10.1 Å². The van der Waals surface area contributed by atoms with Crippen LogP contribution in [-0.4, -0.2) is 0 Å². The lowest BCUT2D eigenvalue weighted by molar-refractivity contribution is 0.644. The summed E-state index contributed by atoms with van der Waals surface area (Å²) in [6.45, 7) is 0. The molecule has 0 unspecified atom stereocenters. The van der Waals surface area contributed by atoms with Crippen molar-refractivity contribution < 1.29 is 4.39 Å². The van der Waals surface area contributed by atoms with Crippen LogP contribution < -0.4 is 0 Å². The van der Waals surface area contributed by atoms with Crippen LogP contribution >= 0.6 is 45.5 Å². The predicted molar refractivity (Wildman–Crippen MR) is 59.5 cm³/mol. The molecule has 0 aliphatic rings. The van der Waals surface area contributed by atoms with E-state index in [2.05, 4.69) is 22.6 Å². The highest BCUT2D eigenvalue weighted by Gasteiger charge is 2.10. The Kier molecular flexibility index (Phi) is 2.27. The zero-order valence-electron chi connectivity index (χ0n) is 5.77. The third kappa shape index (κ3) is 1.24. The molecule has 0 saturated carbocycles. The van der Waals surface area contributed by atoms with E-state index < -0.39 is 0 Å². The third-order valence-electron chi connectivity index (χ3n) is 1.57. The number of hydrogen-bond acceptors (Lipinski definition) is 1. The molecule has 0 aliphatic carbocycles. The molecule has 0 aliphatic heterocycles. The molecule has 62 valence electrons. The molecule has 0 N–H and O–H groups in total. The van der Waals surface area contributed by atoms with Gasteiger partial charge in [-0.1, -0.05) is 23.7 Å². The first kappa shape index (κ1) is 8.72. The van der Waals surface area contributed by atoms with Crippen molar-refractivity contribution in [1.29, 1.82) is 0 Å². The second-order valence-corrected chi connectivity index (χ2v) is 5.09. The van der Waals surface area contributed by atoms with Gasteiger partial charge in [-0.05, 0) is 28.7 Å². The van der Waals surface area contributed by atoms with Crippen LogP contribution in [0.15, 0.2) is 18.2 Å². The Morgan fingerprint density at radius 3 is 2.83 bits per heavy atom. The van der Waals surface area contributed by atoms with E-state index in [1.165, 1.54) is 11.3 Å². The molecule has 0 atom stereocenters. The Balaban J connectivity index is 2.95. The fourth-order valence-electron chi connectivity index (χ4n) is 1.03. The summed E-state index contributed by atoms with van der Waals surface area (Å²) in [7, 11) is 0. The molecule has 2 aromatic rings. The summed E-state index contributed by atoms with van der Waals surface area (Å²) in [4.78, 5) is 0. The largest absolute Gasteiger partial charge is 0.204 e. The summed E-state index contributed by atoms with van der Waals surface area (Å²) in [5.74, 6) is -0.296. The number of benzene rings is 1. The predicted octanol–water partition coefficient (Wildman–Crippen LogP) is 4.30. The fourth-order valence-corrected chi connectivity index (χ4v) is 3.00. The van der Waals surface area contributed by atoms with Gasteiger partial charge in [0.05, 0.1) is 4.70 Å². The standard InChI is InChI=1S/C8H3ClFIS/c9-8-6(10)4-2-1-3-5(11)7(4)12-8/h1-3H. The average Bonchev–Trinajstić information content (AvgIpc) is 2.32. The maximum absolute atomic E-state index is 13.2. The second kappa shape index (κ2) is 3.12. The number of fused-ring (bicyclic) bond motifs is 1. The molecule has 0 amide bonds. The molecule has 1 aromatic heterocycles. The molecule has 0 nitrogen and oxygen atoms in total. The molecule has 4 heteroatoms. The lowest BCUT2D eigenvalue weighted by Crippen LogP contribution is -1.71. The number of rotatable bonds is 0. The number of halogens is 3. The Morgan fingerprint density at radius 2 is 2.17 bits per heavy atom. The second-order valence-electron chi connectivity index (χ2n) is 2.31. The minimum Gasteiger partial charge on any atom is -0.204 e. The maximum atomic E-state index is 13.2. The highest BCUT2D eigenvalue weighted by Crippen LogP contribution is 2.35. The van der Waals surface area contributed by atoms with Gasteiger partial charge >= 0.3 is 0 Å². The molecule has 0 bridgehead atoms. The van der Waals surface area contributed by atoms with E-state index in [4.69, 9.17) is 11.6 Å². The molecule has 0 spiro atoms. The van der Waals surface area contributed by atoms with Gasteiger partial charge in [0.2, 0.25) is 0 Å². The van der Waals surface area contributed by atoms with E-state index in [-0.39, 0.29) is 10.2 Å². The van der Waals surface area contributed by atoms with E-state index in [0.29, 0.717) is 5.39 Å². The van der Waals surface area contributed by atoms with E-state index in [9.17, 15) is 4.39 Å². The van der Waals surface area contributed by atoms with Crippen molar-refractivity contribution in [3.8, 4) is 0 Å². The monoisotopic (exact) mass is 312 g/mol. The molecule has 1 heterocycles. The molecule has 0 saturated heterocycles. The summed E-state index contributed by atoms with van der Waals surface area (Å²) in [5.41, 5.74) is 0. The average molecular weight is 313 g/mol. The summed E-state index contributed by atoms with van der Waals surface area (Å²) >= 11 is 9.13. The Hall–Kier alpha value is 0.130. The highest BCUT2D eigenvalue weighted by atomic mass is 127. The Labute approximate surface area is 91.5 Å². The van der Waals surface area contributed by atoms with Crippen LogP contribution in [0, 0.1) is 9.39 Å². The van der Waals surface area contributed by atoms with Gasteiger partial charge in [0.15, 0.2) is 5.82 Å². The Morgan fingerprint density at radius 1 is 1.42 bits per heavy atom. The third-order valence-corrected chi connectivity index (χ3v) is 4.23. The number of thiophene rings is 1. The van der Waals surface area contributed by atoms with Gasteiger partial charge in [-0.3, -0.25) is 0 Å². The minimum atomic E-state index is -0.296. The summed E-state index contributed by atoms with van der Waals surface area (Å²) in [6, 6.07) is 5.51. The molecule has 0 radical (unpaired) electrons. The summed E-state index contributed by atoms with van der Waals surface area (Å²) in [6.07, 6.45) is 0. The van der Waals surface area contributed by atoms with Crippen LogP contribution in [0.2, 0.25) is 4.34 Å². The summed E-state index contributed by atoms with van der Waals surface area (Å²) < 4.78 is 15.4. The fraction of sp³-hybridized carbons (Fsp3) is 0. The minimum absolute atomic E-state index is 0.245. The van der Waals surface area contributed by atoms with Gasteiger partial charge in [0.25, 0.3) is 0 Å². The van der Waals surface area contributed by atoms with Crippen molar-refractivity contribution >= 4 is 55.6 Å². The quantitative estimate of drug-likeness (QED) is 0.636. The van der Waals surface area contributed by atoms with E-state index in [1.807, 2.05) is 12.1 Å². The smallest absolute Gasteiger partial charge is 0.160 e. The lowest BCUT2D eigenvalue weighted by atomic mass is 10.3.